The average Bonchev–Trinajstić information content (AvgIpc) is 2.94. The van der Waals surface area contributed by atoms with E-state index in [0.717, 1.165) is 30.2 Å². The summed E-state index contributed by atoms with van der Waals surface area (Å²) < 4.78 is 0. The predicted molar refractivity (Wildman–Crippen MR) is 78.2 cm³/mol. The molecule has 0 heterocycles. The highest BCUT2D eigenvalue weighted by atomic mass is 16.1. The molecule has 0 aliphatic heterocycles. The number of Topliss-reactive ketones (excluding diaryl/α,β-unsaturated/α-hetero) is 1. The first-order chi connectivity index (χ1) is 9.29. The van der Waals surface area contributed by atoms with Crippen LogP contribution < -0.4 is 5.73 Å². The molecule has 0 spiro atoms. The molecular weight excluding hydrogens is 234 g/mol. The van der Waals surface area contributed by atoms with Gasteiger partial charge in [-0.1, -0.05) is 42.8 Å². The van der Waals surface area contributed by atoms with Gasteiger partial charge in [-0.2, -0.15) is 0 Å². The van der Waals surface area contributed by atoms with Gasteiger partial charge >= 0.3 is 0 Å². The SMILES string of the molecule is NCC1CCCC1C(=O)c1ccc2ccccc2c1. The monoisotopic (exact) mass is 253 g/mol. The Morgan fingerprint density at radius 1 is 1.11 bits per heavy atom. The lowest BCUT2D eigenvalue weighted by atomic mass is 9.88. The van der Waals surface area contributed by atoms with E-state index in [1.807, 2.05) is 30.3 Å². The Bertz CT molecular complexity index is 605. The van der Waals surface area contributed by atoms with Crippen LogP contribution in [0.25, 0.3) is 10.8 Å². The Hall–Kier alpha value is -1.67. The summed E-state index contributed by atoms with van der Waals surface area (Å²) in [4.78, 5) is 12.6. The van der Waals surface area contributed by atoms with Crippen LogP contribution in [0.5, 0.6) is 0 Å². The van der Waals surface area contributed by atoms with Crippen LogP contribution >= 0.6 is 0 Å². The van der Waals surface area contributed by atoms with Gasteiger partial charge in [0.05, 0.1) is 0 Å². The van der Waals surface area contributed by atoms with Crippen molar-refractivity contribution >= 4 is 16.6 Å². The summed E-state index contributed by atoms with van der Waals surface area (Å²) in [6.07, 6.45) is 3.22. The quantitative estimate of drug-likeness (QED) is 0.852. The van der Waals surface area contributed by atoms with Crippen molar-refractivity contribution in [2.75, 3.05) is 6.54 Å². The molecule has 19 heavy (non-hydrogen) atoms. The highest BCUT2D eigenvalue weighted by Gasteiger charge is 2.32. The third-order valence-corrected chi connectivity index (χ3v) is 4.33. The number of hydrogen-bond donors (Lipinski definition) is 1. The lowest BCUT2D eigenvalue weighted by Gasteiger charge is -2.16. The molecule has 1 saturated carbocycles. The number of hydrogen-bond acceptors (Lipinski definition) is 2. The van der Waals surface area contributed by atoms with Crippen molar-refractivity contribution < 1.29 is 4.79 Å². The first-order valence-electron chi connectivity index (χ1n) is 7.02. The van der Waals surface area contributed by atoms with Gasteiger partial charge in [0.2, 0.25) is 0 Å². The molecule has 0 aromatic heterocycles. The molecule has 3 rings (SSSR count). The second-order valence-corrected chi connectivity index (χ2v) is 5.46. The molecule has 2 atom stereocenters. The van der Waals surface area contributed by atoms with Crippen LogP contribution in [0.4, 0.5) is 0 Å². The van der Waals surface area contributed by atoms with Crippen LogP contribution in [-0.4, -0.2) is 12.3 Å². The summed E-state index contributed by atoms with van der Waals surface area (Å²) in [5.41, 5.74) is 6.62. The Balaban J connectivity index is 1.93. The van der Waals surface area contributed by atoms with Crippen molar-refractivity contribution in [3.05, 3.63) is 48.0 Å². The Morgan fingerprint density at radius 2 is 1.89 bits per heavy atom. The van der Waals surface area contributed by atoms with Gasteiger partial charge in [0, 0.05) is 11.5 Å². The summed E-state index contributed by atoms with van der Waals surface area (Å²) >= 11 is 0. The maximum atomic E-state index is 12.6. The van der Waals surface area contributed by atoms with Crippen LogP contribution in [-0.2, 0) is 0 Å². The van der Waals surface area contributed by atoms with E-state index in [1.165, 1.54) is 5.39 Å². The van der Waals surface area contributed by atoms with Crippen molar-refractivity contribution in [3.63, 3.8) is 0 Å². The number of benzene rings is 2. The minimum absolute atomic E-state index is 0.131. The van der Waals surface area contributed by atoms with Crippen LogP contribution in [0.15, 0.2) is 42.5 Å². The van der Waals surface area contributed by atoms with Crippen molar-refractivity contribution in [3.8, 4) is 0 Å². The molecule has 1 fully saturated rings. The van der Waals surface area contributed by atoms with Crippen LogP contribution in [0.3, 0.4) is 0 Å². The lowest BCUT2D eigenvalue weighted by Crippen LogP contribution is -2.25. The van der Waals surface area contributed by atoms with E-state index >= 15 is 0 Å². The third kappa shape index (κ3) is 2.28. The number of fused-ring (bicyclic) bond motifs is 1. The topological polar surface area (TPSA) is 43.1 Å². The molecule has 2 unspecified atom stereocenters. The van der Waals surface area contributed by atoms with Gasteiger partial charge < -0.3 is 5.73 Å². The van der Waals surface area contributed by atoms with Gasteiger partial charge in [-0.05, 0) is 42.1 Å². The van der Waals surface area contributed by atoms with E-state index in [2.05, 4.69) is 12.1 Å². The number of rotatable bonds is 3. The molecule has 1 aliphatic carbocycles. The van der Waals surface area contributed by atoms with Crippen LogP contribution in [0, 0.1) is 11.8 Å². The maximum Gasteiger partial charge on any atom is 0.166 e. The molecule has 2 heteroatoms. The van der Waals surface area contributed by atoms with Gasteiger partial charge in [0.1, 0.15) is 0 Å². The van der Waals surface area contributed by atoms with Gasteiger partial charge in [0.15, 0.2) is 5.78 Å². The zero-order valence-electron chi connectivity index (χ0n) is 11.0. The third-order valence-electron chi connectivity index (χ3n) is 4.33. The van der Waals surface area contributed by atoms with E-state index in [4.69, 9.17) is 5.73 Å². The molecule has 2 nitrogen and oxygen atoms in total. The largest absolute Gasteiger partial charge is 0.330 e. The first kappa shape index (κ1) is 12.4. The zero-order valence-corrected chi connectivity index (χ0v) is 11.0. The molecule has 2 aromatic carbocycles. The van der Waals surface area contributed by atoms with Crippen LogP contribution in [0.2, 0.25) is 0 Å². The minimum atomic E-state index is 0.131. The van der Waals surface area contributed by atoms with Crippen LogP contribution in [0.1, 0.15) is 29.6 Å². The standard InChI is InChI=1S/C17H19NO/c18-11-15-6-3-7-16(15)17(19)14-9-8-12-4-1-2-5-13(12)10-14/h1-2,4-5,8-10,15-16H,3,6-7,11,18H2. The second kappa shape index (κ2) is 5.14. The van der Waals surface area contributed by atoms with E-state index in [0.29, 0.717) is 12.5 Å². The zero-order chi connectivity index (χ0) is 13.2. The molecular formula is C17H19NO. The summed E-state index contributed by atoms with van der Waals surface area (Å²) in [6.45, 7) is 0.629. The Labute approximate surface area is 113 Å². The summed E-state index contributed by atoms with van der Waals surface area (Å²) in [5.74, 6) is 0.781. The second-order valence-electron chi connectivity index (χ2n) is 5.46. The van der Waals surface area contributed by atoms with Gasteiger partial charge in [-0.15, -0.1) is 0 Å². The summed E-state index contributed by atoms with van der Waals surface area (Å²) in [7, 11) is 0. The lowest BCUT2D eigenvalue weighted by molar-refractivity contribution is 0.0893. The molecule has 1 aliphatic rings. The normalized spacial score (nSPS) is 22.8. The molecule has 2 aromatic rings. The molecule has 0 saturated heterocycles. The fourth-order valence-corrected chi connectivity index (χ4v) is 3.22. The molecule has 0 bridgehead atoms. The minimum Gasteiger partial charge on any atom is -0.330 e. The predicted octanol–water partition coefficient (Wildman–Crippen LogP) is 3.40. The number of carbonyl (C=O) groups is 1. The summed E-state index contributed by atoms with van der Waals surface area (Å²) in [5, 5.41) is 2.32. The van der Waals surface area contributed by atoms with Crippen molar-refractivity contribution in [2.45, 2.75) is 19.3 Å². The van der Waals surface area contributed by atoms with Gasteiger partial charge in [-0.25, -0.2) is 0 Å². The van der Waals surface area contributed by atoms with Gasteiger partial charge in [-0.3, -0.25) is 4.79 Å². The number of nitrogens with two attached hydrogens (primary N) is 1. The van der Waals surface area contributed by atoms with Crippen molar-refractivity contribution in [1.82, 2.24) is 0 Å². The number of carbonyl (C=O) groups excluding carboxylic acids is 1. The van der Waals surface area contributed by atoms with E-state index in [-0.39, 0.29) is 11.7 Å². The van der Waals surface area contributed by atoms with E-state index < -0.39 is 0 Å². The molecule has 0 amide bonds. The smallest absolute Gasteiger partial charge is 0.166 e. The average molecular weight is 253 g/mol. The highest BCUT2D eigenvalue weighted by molar-refractivity contribution is 6.01. The van der Waals surface area contributed by atoms with E-state index in [1.54, 1.807) is 0 Å². The summed E-state index contributed by atoms with van der Waals surface area (Å²) in [6, 6.07) is 14.2. The Kier molecular flexibility index (Phi) is 3.34. The maximum absolute atomic E-state index is 12.6. The van der Waals surface area contributed by atoms with Crippen molar-refractivity contribution in [2.24, 2.45) is 17.6 Å². The number of ketones is 1. The fraction of sp³-hybridized carbons (Fsp3) is 0.353. The molecule has 98 valence electrons. The first-order valence-corrected chi connectivity index (χ1v) is 7.02. The van der Waals surface area contributed by atoms with Gasteiger partial charge in [0.25, 0.3) is 0 Å². The molecule has 2 N–H and O–H groups in total. The van der Waals surface area contributed by atoms with Crippen molar-refractivity contribution in [1.29, 1.82) is 0 Å². The highest BCUT2D eigenvalue weighted by Crippen LogP contribution is 2.33. The fourth-order valence-electron chi connectivity index (χ4n) is 3.22. The van der Waals surface area contributed by atoms with E-state index in [9.17, 15) is 4.79 Å². The molecule has 0 radical (unpaired) electrons. The Morgan fingerprint density at radius 3 is 2.68 bits per heavy atom.